The first-order valence-electron chi connectivity index (χ1n) is 5.87. The number of hydrogen-bond acceptors (Lipinski definition) is 3. The summed E-state index contributed by atoms with van der Waals surface area (Å²) in [5.41, 5.74) is 0.224. The number of hydrogen-bond donors (Lipinski definition) is 2. The van der Waals surface area contributed by atoms with Gasteiger partial charge < -0.3 is 20.1 Å². The summed E-state index contributed by atoms with van der Waals surface area (Å²) in [4.78, 5) is 23.3. The van der Waals surface area contributed by atoms with Crippen molar-refractivity contribution in [1.29, 1.82) is 0 Å². The molecule has 2 N–H and O–H groups in total. The highest BCUT2D eigenvalue weighted by atomic mass is 79.9. The van der Waals surface area contributed by atoms with E-state index in [1.54, 1.807) is 0 Å². The van der Waals surface area contributed by atoms with Crippen molar-refractivity contribution in [1.82, 2.24) is 4.90 Å². The topological polar surface area (TPSA) is 78.9 Å². The zero-order valence-electron chi connectivity index (χ0n) is 11.3. The van der Waals surface area contributed by atoms with Gasteiger partial charge in [-0.3, -0.25) is 4.79 Å². The lowest BCUT2D eigenvalue weighted by atomic mass is 10.3. The Hall–Kier alpha value is -1.97. The number of alkyl halides is 3. The van der Waals surface area contributed by atoms with E-state index in [0.717, 1.165) is 17.0 Å². The summed E-state index contributed by atoms with van der Waals surface area (Å²) >= 11 is 3.02. The standard InChI is InChI=1S/C12H12BrF3N2O4/c1-18(5-4-10(19)20)11(21)17-9-3-2-7(6-8(9)13)22-12(14,15)16/h2-3,6H,4-5H2,1H3,(H,17,21)(H,19,20). The summed E-state index contributed by atoms with van der Waals surface area (Å²) in [6, 6.07) is 2.74. The molecule has 1 rings (SSSR count). The van der Waals surface area contributed by atoms with E-state index in [4.69, 9.17) is 5.11 Å². The molecular formula is C12H12BrF3N2O4. The first-order valence-corrected chi connectivity index (χ1v) is 6.67. The number of amides is 2. The van der Waals surface area contributed by atoms with E-state index >= 15 is 0 Å². The number of carboxylic acids is 1. The van der Waals surface area contributed by atoms with Crippen LogP contribution in [-0.4, -0.2) is 42.0 Å². The van der Waals surface area contributed by atoms with Gasteiger partial charge in [-0.2, -0.15) is 0 Å². The average molecular weight is 385 g/mol. The van der Waals surface area contributed by atoms with Gasteiger partial charge in [0, 0.05) is 18.1 Å². The molecule has 6 nitrogen and oxygen atoms in total. The van der Waals surface area contributed by atoms with Gasteiger partial charge in [-0.15, -0.1) is 13.2 Å². The van der Waals surface area contributed by atoms with Crippen molar-refractivity contribution in [3.05, 3.63) is 22.7 Å². The van der Waals surface area contributed by atoms with Gasteiger partial charge >= 0.3 is 18.4 Å². The zero-order chi connectivity index (χ0) is 16.9. The van der Waals surface area contributed by atoms with Crippen molar-refractivity contribution in [2.75, 3.05) is 18.9 Å². The number of aliphatic carboxylic acids is 1. The van der Waals surface area contributed by atoms with Crippen LogP contribution in [0, 0.1) is 0 Å². The van der Waals surface area contributed by atoms with Crippen LogP contribution in [0.1, 0.15) is 6.42 Å². The number of nitrogens with zero attached hydrogens (tertiary/aromatic N) is 1. The molecule has 22 heavy (non-hydrogen) atoms. The predicted octanol–water partition coefficient (Wildman–Crippen LogP) is 3.29. The van der Waals surface area contributed by atoms with Crippen LogP contribution in [0.3, 0.4) is 0 Å². The lowest BCUT2D eigenvalue weighted by molar-refractivity contribution is -0.274. The Labute approximate surface area is 132 Å². The summed E-state index contributed by atoms with van der Waals surface area (Å²) in [7, 11) is 1.40. The molecule has 1 aromatic rings. The summed E-state index contributed by atoms with van der Waals surface area (Å²) in [6.07, 6.45) is -5.02. The van der Waals surface area contributed by atoms with Gasteiger partial charge in [0.05, 0.1) is 12.1 Å². The van der Waals surface area contributed by atoms with Crippen molar-refractivity contribution >= 4 is 33.6 Å². The highest BCUT2D eigenvalue weighted by Crippen LogP contribution is 2.30. The van der Waals surface area contributed by atoms with Crippen LogP contribution in [0.15, 0.2) is 22.7 Å². The Morgan fingerprint density at radius 1 is 1.41 bits per heavy atom. The quantitative estimate of drug-likeness (QED) is 0.816. The van der Waals surface area contributed by atoms with Crippen molar-refractivity contribution < 1.29 is 32.6 Å². The zero-order valence-corrected chi connectivity index (χ0v) is 12.9. The summed E-state index contributed by atoms with van der Waals surface area (Å²) in [6.45, 7) is -0.00590. The fourth-order valence-electron chi connectivity index (χ4n) is 1.37. The molecule has 10 heteroatoms. The fraction of sp³-hybridized carbons (Fsp3) is 0.333. The fourth-order valence-corrected chi connectivity index (χ4v) is 1.83. The molecule has 1 aromatic carbocycles. The van der Waals surface area contributed by atoms with E-state index in [9.17, 15) is 22.8 Å². The van der Waals surface area contributed by atoms with Gasteiger partial charge in [-0.25, -0.2) is 4.79 Å². The van der Waals surface area contributed by atoms with E-state index in [2.05, 4.69) is 26.0 Å². The maximum atomic E-state index is 12.1. The average Bonchev–Trinajstić information content (AvgIpc) is 2.37. The summed E-state index contributed by atoms with van der Waals surface area (Å²) < 4.78 is 40.2. The number of rotatable bonds is 5. The first kappa shape index (κ1) is 18.1. The van der Waals surface area contributed by atoms with Crippen molar-refractivity contribution in [3.8, 4) is 5.75 Å². The van der Waals surface area contributed by atoms with Crippen LogP contribution in [0.5, 0.6) is 5.75 Å². The number of halogens is 4. The Balaban J connectivity index is 2.70. The molecule has 0 saturated heterocycles. The number of anilines is 1. The van der Waals surface area contributed by atoms with Crippen LogP contribution in [-0.2, 0) is 4.79 Å². The lowest BCUT2D eigenvalue weighted by Crippen LogP contribution is -2.33. The number of carbonyl (C=O) groups is 2. The second kappa shape index (κ2) is 7.34. The molecule has 0 saturated carbocycles. The van der Waals surface area contributed by atoms with Crippen LogP contribution in [0.4, 0.5) is 23.7 Å². The van der Waals surface area contributed by atoms with Crippen LogP contribution in [0.2, 0.25) is 0 Å². The van der Waals surface area contributed by atoms with Crippen LogP contribution < -0.4 is 10.1 Å². The van der Waals surface area contributed by atoms with E-state index in [1.807, 2.05) is 0 Å². The summed E-state index contributed by atoms with van der Waals surface area (Å²) in [5.74, 6) is -1.48. The monoisotopic (exact) mass is 384 g/mol. The number of urea groups is 1. The van der Waals surface area contributed by atoms with E-state index in [1.165, 1.54) is 13.1 Å². The molecule has 2 amide bonds. The molecule has 0 spiro atoms. The molecule has 0 aromatic heterocycles. The summed E-state index contributed by atoms with van der Waals surface area (Å²) in [5, 5.41) is 11.0. The predicted molar refractivity (Wildman–Crippen MR) is 74.7 cm³/mol. The third-order valence-electron chi connectivity index (χ3n) is 2.42. The van der Waals surface area contributed by atoms with Gasteiger partial charge in [0.15, 0.2) is 0 Å². The van der Waals surface area contributed by atoms with E-state index in [0.29, 0.717) is 0 Å². The molecule has 0 atom stereocenters. The third kappa shape index (κ3) is 6.20. The number of ether oxygens (including phenoxy) is 1. The van der Waals surface area contributed by atoms with Crippen molar-refractivity contribution in [2.24, 2.45) is 0 Å². The second-order valence-corrected chi connectivity index (χ2v) is 5.04. The van der Waals surface area contributed by atoms with Crippen molar-refractivity contribution in [3.63, 3.8) is 0 Å². The lowest BCUT2D eigenvalue weighted by Gasteiger charge is -2.18. The normalized spacial score (nSPS) is 11.0. The molecule has 0 aliphatic carbocycles. The molecule has 0 heterocycles. The largest absolute Gasteiger partial charge is 0.573 e. The highest BCUT2D eigenvalue weighted by Gasteiger charge is 2.31. The smallest absolute Gasteiger partial charge is 0.481 e. The molecule has 0 fully saturated rings. The van der Waals surface area contributed by atoms with Crippen LogP contribution in [0.25, 0.3) is 0 Å². The minimum absolute atomic E-state index is 0.00590. The van der Waals surface area contributed by atoms with Gasteiger partial charge in [0.2, 0.25) is 0 Å². The van der Waals surface area contributed by atoms with Gasteiger partial charge in [0.25, 0.3) is 0 Å². The number of nitrogens with one attached hydrogen (secondary N) is 1. The number of carbonyl (C=O) groups excluding carboxylic acids is 1. The maximum absolute atomic E-state index is 12.1. The van der Waals surface area contributed by atoms with Gasteiger partial charge in [-0.05, 0) is 34.1 Å². The SMILES string of the molecule is CN(CCC(=O)O)C(=O)Nc1ccc(OC(F)(F)F)cc1Br. The van der Waals surface area contributed by atoms with Crippen molar-refractivity contribution in [2.45, 2.75) is 12.8 Å². The van der Waals surface area contributed by atoms with Gasteiger partial charge in [0.1, 0.15) is 5.75 Å². The molecule has 0 radical (unpaired) electrons. The maximum Gasteiger partial charge on any atom is 0.573 e. The molecule has 0 unspecified atom stereocenters. The van der Waals surface area contributed by atoms with E-state index < -0.39 is 24.1 Å². The Morgan fingerprint density at radius 3 is 2.55 bits per heavy atom. The second-order valence-electron chi connectivity index (χ2n) is 4.18. The Kier molecular flexibility index (Phi) is 6.03. The minimum atomic E-state index is -4.80. The first-order chi connectivity index (χ1) is 10.1. The number of benzene rings is 1. The Morgan fingerprint density at radius 2 is 2.05 bits per heavy atom. The number of carboxylic acid groups (broad SMARTS) is 1. The highest BCUT2D eigenvalue weighted by molar-refractivity contribution is 9.10. The molecule has 0 aliphatic rings. The Bertz CT molecular complexity index is 566. The minimum Gasteiger partial charge on any atom is -0.481 e. The molecular weight excluding hydrogens is 373 g/mol. The third-order valence-corrected chi connectivity index (χ3v) is 3.08. The molecule has 0 bridgehead atoms. The molecule has 0 aliphatic heterocycles. The molecule has 122 valence electrons. The van der Waals surface area contributed by atoms with Gasteiger partial charge in [-0.1, -0.05) is 0 Å². The van der Waals surface area contributed by atoms with Crippen LogP contribution >= 0.6 is 15.9 Å². The van der Waals surface area contributed by atoms with E-state index in [-0.39, 0.29) is 23.1 Å².